The van der Waals surface area contributed by atoms with Crippen molar-refractivity contribution in [1.82, 2.24) is 24.9 Å². The SMILES string of the molecule is CNC(C(=O)N1CCN(C(=O)c2ccc(F)cc2Cl)CC1)c1cnn(C)c1.Cl. The molecule has 1 aliphatic heterocycles. The number of nitrogens with zero attached hydrogens (tertiary/aromatic N) is 4. The molecule has 1 aliphatic rings. The van der Waals surface area contributed by atoms with Crippen LogP contribution in [-0.4, -0.2) is 64.6 Å². The molecule has 0 spiro atoms. The quantitative estimate of drug-likeness (QED) is 0.805. The summed E-state index contributed by atoms with van der Waals surface area (Å²) in [5, 5.41) is 7.22. The van der Waals surface area contributed by atoms with Gasteiger partial charge in [-0.3, -0.25) is 14.3 Å². The molecule has 1 aromatic carbocycles. The fourth-order valence-electron chi connectivity index (χ4n) is 3.17. The molecule has 0 bridgehead atoms. The normalized spacial score (nSPS) is 15.1. The van der Waals surface area contributed by atoms with Crippen LogP contribution in [0.25, 0.3) is 0 Å². The molecule has 2 heterocycles. The molecular weight excluding hydrogens is 408 g/mol. The van der Waals surface area contributed by atoms with Gasteiger partial charge in [-0.15, -0.1) is 12.4 Å². The highest BCUT2D eigenvalue weighted by Gasteiger charge is 2.30. The predicted molar refractivity (Wildman–Crippen MR) is 106 cm³/mol. The van der Waals surface area contributed by atoms with Gasteiger partial charge < -0.3 is 15.1 Å². The van der Waals surface area contributed by atoms with Gasteiger partial charge in [0.1, 0.15) is 11.9 Å². The summed E-state index contributed by atoms with van der Waals surface area (Å²) in [7, 11) is 3.53. The summed E-state index contributed by atoms with van der Waals surface area (Å²) in [6, 6.07) is 3.24. The maximum absolute atomic E-state index is 13.2. The number of aromatic nitrogens is 2. The van der Waals surface area contributed by atoms with E-state index in [1.54, 1.807) is 41.0 Å². The van der Waals surface area contributed by atoms with Gasteiger partial charge in [0, 0.05) is 45.0 Å². The van der Waals surface area contributed by atoms with Crippen molar-refractivity contribution >= 4 is 35.8 Å². The van der Waals surface area contributed by atoms with Crippen molar-refractivity contribution in [1.29, 1.82) is 0 Å². The number of piperazine rings is 1. The van der Waals surface area contributed by atoms with Crippen molar-refractivity contribution < 1.29 is 14.0 Å². The average Bonchev–Trinajstić information content (AvgIpc) is 3.08. The average molecular weight is 430 g/mol. The number of hydrogen-bond donors (Lipinski definition) is 1. The number of rotatable bonds is 4. The number of halogens is 3. The van der Waals surface area contributed by atoms with E-state index in [4.69, 9.17) is 11.6 Å². The Balaban J connectivity index is 0.00000280. The summed E-state index contributed by atoms with van der Waals surface area (Å²) >= 11 is 5.98. The van der Waals surface area contributed by atoms with E-state index in [0.29, 0.717) is 26.2 Å². The molecule has 3 rings (SSSR count). The lowest BCUT2D eigenvalue weighted by Crippen LogP contribution is -2.52. The fourth-order valence-corrected chi connectivity index (χ4v) is 3.42. The Labute approximate surface area is 173 Å². The maximum Gasteiger partial charge on any atom is 0.255 e. The van der Waals surface area contributed by atoms with Gasteiger partial charge in [0.15, 0.2) is 0 Å². The second kappa shape index (κ2) is 9.36. The molecule has 2 aromatic rings. The Morgan fingerprint density at radius 2 is 1.86 bits per heavy atom. The van der Waals surface area contributed by atoms with Crippen molar-refractivity contribution in [3.8, 4) is 0 Å². The monoisotopic (exact) mass is 429 g/mol. The number of benzene rings is 1. The number of carbonyl (C=O) groups is 2. The van der Waals surface area contributed by atoms with Crippen molar-refractivity contribution in [2.24, 2.45) is 7.05 Å². The van der Waals surface area contributed by atoms with Crippen molar-refractivity contribution in [2.45, 2.75) is 6.04 Å². The van der Waals surface area contributed by atoms with Crippen molar-refractivity contribution in [3.63, 3.8) is 0 Å². The summed E-state index contributed by atoms with van der Waals surface area (Å²) in [5.41, 5.74) is 1.06. The highest BCUT2D eigenvalue weighted by atomic mass is 35.5. The highest BCUT2D eigenvalue weighted by Crippen LogP contribution is 2.21. The molecular formula is C18H22Cl2FN5O2. The van der Waals surface area contributed by atoms with Crippen molar-refractivity contribution in [3.05, 3.63) is 52.6 Å². The zero-order valence-corrected chi connectivity index (χ0v) is 17.1. The first kappa shape index (κ1) is 22.1. The fraction of sp³-hybridized carbons (Fsp3) is 0.389. The molecule has 1 unspecified atom stereocenters. The Hall–Kier alpha value is -2.16. The number of carbonyl (C=O) groups excluding carboxylic acids is 2. The van der Waals surface area contributed by atoms with Crippen LogP contribution in [0.5, 0.6) is 0 Å². The van der Waals surface area contributed by atoms with E-state index < -0.39 is 11.9 Å². The van der Waals surface area contributed by atoms with Gasteiger partial charge in [-0.2, -0.15) is 5.10 Å². The Kier molecular flexibility index (Phi) is 7.40. The van der Waals surface area contributed by atoms with Gasteiger partial charge in [-0.05, 0) is 25.2 Å². The molecule has 0 saturated carbocycles. The zero-order chi connectivity index (χ0) is 19.6. The predicted octanol–water partition coefficient (Wildman–Crippen LogP) is 1.88. The third-order valence-corrected chi connectivity index (χ3v) is 4.95. The maximum atomic E-state index is 13.2. The van der Waals surface area contributed by atoms with Crippen LogP contribution in [0.1, 0.15) is 22.0 Å². The van der Waals surface area contributed by atoms with Crippen LogP contribution < -0.4 is 5.32 Å². The third-order valence-electron chi connectivity index (χ3n) is 4.63. The summed E-state index contributed by atoms with van der Waals surface area (Å²) in [6.07, 6.45) is 3.46. The first-order valence-electron chi connectivity index (χ1n) is 8.59. The van der Waals surface area contributed by atoms with Crippen LogP contribution >= 0.6 is 24.0 Å². The van der Waals surface area contributed by atoms with Crippen LogP contribution in [0, 0.1) is 5.82 Å². The van der Waals surface area contributed by atoms with Gasteiger partial charge in [-0.25, -0.2) is 4.39 Å². The first-order valence-corrected chi connectivity index (χ1v) is 8.97. The van der Waals surface area contributed by atoms with E-state index in [9.17, 15) is 14.0 Å². The lowest BCUT2D eigenvalue weighted by molar-refractivity contribution is -0.135. The number of likely N-dealkylation sites (N-methyl/N-ethyl adjacent to an activating group) is 1. The van der Waals surface area contributed by atoms with Gasteiger partial charge >= 0.3 is 0 Å². The van der Waals surface area contributed by atoms with E-state index >= 15 is 0 Å². The van der Waals surface area contributed by atoms with E-state index in [1.165, 1.54) is 12.1 Å². The van der Waals surface area contributed by atoms with E-state index in [0.717, 1.165) is 11.6 Å². The van der Waals surface area contributed by atoms with E-state index in [-0.39, 0.29) is 34.8 Å². The summed E-state index contributed by atoms with van der Waals surface area (Å²) in [4.78, 5) is 28.8. The molecule has 0 radical (unpaired) electrons. The lowest BCUT2D eigenvalue weighted by Gasteiger charge is -2.36. The highest BCUT2D eigenvalue weighted by molar-refractivity contribution is 6.33. The molecule has 28 heavy (non-hydrogen) atoms. The molecule has 1 aromatic heterocycles. The van der Waals surface area contributed by atoms with E-state index in [2.05, 4.69) is 10.4 Å². The number of amides is 2. The van der Waals surface area contributed by atoms with Gasteiger partial charge in [-0.1, -0.05) is 11.6 Å². The minimum atomic E-state index is -0.486. The number of aryl methyl sites for hydroxylation is 1. The molecule has 0 aliphatic carbocycles. The number of nitrogens with one attached hydrogen (secondary N) is 1. The number of hydrogen-bond acceptors (Lipinski definition) is 4. The Bertz CT molecular complexity index is 852. The van der Waals surface area contributed by atoms with Crippen LogP contribution in [0.3, 0.4) is 0 Å². The van der Waals surface area contributed by atoms with Crippen LogP contribution in [-0.2, 0) is 11.8 Å². The topological polar surface area (TPSA) is 70.5 Å². The second-order valence-electron chi connectivity index (χ2n) is 6.41. The molecule has 1 N–H and O–H groups in total. The Morgan fingerprint density at radius 1 is 1.21 bits per heavy atom. The lowest BCUT2D eigenvalue weighted by atomic mass is 10.1. The Morgan fingerprint density at radius 3 is 2.39 bits per heavy atom. The second-order valence-corrected chi connectivity index (χ2v) is 6.82. The smallest absolute Gasteiger partial charge is 0.255 e. The van der Waals surface area contributed by atoms with E-state index in [1.807, 2.05) is 0 Å². The molecule has 2 amide bonds. The standard InChI is InChI=1S/C18H21ClFN5O2.ClH/c1-21-16(12-10-22-23(2)11-12)18(27)25-7-5-24(6-8-25)17(26)14-4-3-13(20)9-15(14)19;/h3-4,9-11,16,21H,5-8H2,1-2H3;1H. The largest absolute Gasteiger partial charge is 0.337 e. The zero-order valence-electron chi connectivity index (χ0n) is 15.6. The molecule has 152 valence electrons. The summed E-state index contributed by atoms with van der Waals surface area (Å²) in [5.74, 6) is -0.803. The minimum absolute atomic E-state index is 0. The summed E-state index contributed by atoms with van der Waals surface area (Å²) in [6.45, 7) is 1.62. The molecule has 1 atom stereocenters. The van der Waals surface area contributed by atoms with Crippen molar-refractivity contribution in [2.75, 3.05) is 33.2 Å². The molecule has 7 nitrogen and oxygen atoms in total. The van der Waals surface area contributed by atoms with Crippen LogP contribution in [0.15, 0.2) is 30.6 Å². The van der Waals surface area contributed by atoms with Crippen LogP contribution in [0.2, 0.25) is 5.02 Å². The third kappa shape index (κ3) is 4.63. The van der Waals surface area contributed by atoms with Gasteiger partial charge in [0.2, 0.25) is 5.91 Å². The van der Waals surface area contributed by atoms with Crippen LogP contribution in [0.4, 0.5) is 4.39 Å². The minimum Gasteiger partial charge on any atom is -0.337 e. The molecule has 1 saturated heterocycles. The molecule has 10 heteroatoms. The summed E-state index contributed by atoms with van der Waals surface area (Å²) < 4.78 is 14.8. The van der Waals surface area contributed by atoms with Gasteiger partial charge in [0.25, 0.3) is 5.91 Å². The molecule has 1 fully saturated rings. The van der Waals surface area contributed by atoms with Gasteiger partial charge in [0.05, 0.1) is 16.8 Å². The first-order chi connectivity index (χ1) is 12.9.